The van der Waals surface area contributed by atoms with Gasteiger partial charge in [-0.1, -0.05) is 13.8 Å². The smallest absolute Gasteiger partial charge is 0.220 e. The monoisotopic (exact) mass is 249 g/mol. The molecule has 0 bridgehead atoms. The van der Waals surface area contributed by atoms with Crippen LogP contribution in [-0.2, 0) is 4.74 Å². The highest BCUT2D eigenvalue weighted by molar-refractivity contribution is 5.98. The van der Waals surface area contributed by atoms with Gasteiger partial charge in [-0.15, -0.1) is 0 Å². The fraction of sp³-hybridized carbons (Fsp3) is 0.500. The molecular weight excluding hydrogens is 230 g/mol. The Balaban J connectivity index is 2.40. The second-order valence-corrected chi connectivity index (χ2v) is 4.92. The van der Waals surface area contributed by atoms with Gasteiger partial charge in [0.25, 0.3) is 0 Å². The van der Waals surface area contributed by atoms with Crippen LogP contribution in [0.15, 0.2) is 17.1 Å². The molecule has 0 radical (unpaired) electrons. The summed E-state index contributed by atoms with van der Waals surface area (Å²) >= 11 is 0. The Hall–Kier alpha value is -1.71. The molecule has 0 amide bonds. The van der Waals surface area contributed by atoms with Gasteiger partial charge in [0.2, 0.25) is 5.90 Å². The van der Waals surface area contributed by atoms with Gasteiger partial charge in [-0.05, 0) is 30.5 Å². The van der Waals surface area contributed by atoms with Crippen molar-refractivity contribution < 1.29 is 14.6 Å². The Morgan fingerprint density at radius 3 is 2.72 bits per heavy atom. The van der Waals surface area contributed by atoms with Crippen LogP contribution in [0.5, 0.6) is 11.5 Å². The van der Waals surface area contributed by atoms with E-state index in [0.29, 0.717) is 29.7 Å². The maximum absolute atomic E-state index is 10.1. The van der Waals surface area contributed by atoms with Crippen LogP contribution in [0.3, 0.4) is 0 Å². The van der Waals surface area contributed by atoms with Gasteiger partial charge in [-0.2, -0.15) is 0 Å². The van der Waals surface area contributed by atoms with Gasteiger partial charge in [0.05, 0.1) is 18.7 Å². The molecule has 0 saturated carbocycles. The second-order valence-electron chi connectivity index (χ2n) is 4.92. The number of aryl methyl sites for hydroxylation is 1. The molecular formula is C14H19NO3. The molecule has 0 unspecified atom stereocenters. The highest BCUT2D eigenvalue weighted by atomic mass is 16.5. The van der Waals surface area contributed by atoms with E-state index in [2.05, 4.69) is 18.8 Å². The van der Waals surface area contributed by atoms with Crippen LogP contribution in [0.25, 0.3) is 0 Å². The van der Waals surface area contributed by atoms with E-state index >= 15 is 0 Å². The minimum absolute atomic E-state index is 0.0891. The first kappa shape index (κ1) is 12.7. The largest absolute Gasteiger partial charge is 0.504 e. The SMILES string of the molecule is COc1cc(C)cc(C2=N[C@@H](C(C)C)CO2)c1O. The summed E-state index contributed by atoms with van der Waals surface area (Å²) in [6.07, 6.45) is 0. The maximum atomic E-state index is 10.1. The van der Waals surface area contributed by atoms with Gasteiger partial charge in [0.1, 0.15) is 6.61 Å². The summed E-state index contributed by atoms with van der Waals surface area (Å²) in [6, 6.07) is 3.80. The van der Waals surface area contributed by atoms with Crippen molar-refractivity contribution in [2.45, 2.75) is 26.8 Å². The minimum atomic E-state index is 0.0891. The molecule has 1 aliphatic rings. The summed E-state index contributed by atoms with van der Waals surface area (Å²) in [5, 5.41) is 10.1. The lowest BCUT2D eigenvalue weighted by Crippen LogP contribution is -2.13. The fourth-order valence-corrected chi connectivity index (χ4v) is 1.94. The summed E-state index contributed by atoms with van der Waals surface area (Å²) in [4.78, 5) is 4.51. The zero-order valence-corrected chi connectivity index (χ0v) is 11.2. The lowest BCUT2D eigenvalue weighted by molar-refractivity contribution is 0.290. The molecule has 1 heterocycles. The van der Waals surface area contributed by atoms with Crippen LogP contribution in [0.1, 0.15) is 25.0 Å². The number of methoxy groups -OCH3 is 1. The number of aromatic hydroxyl groups is 1. The normalized spacial score (nSPS) is 18.7. The number of hydrogen-bond donors (Lipinski definition) is 1. The third-order valence-electron chi connectivity index (χ3n) is 3.11. The topological polar surface area (TPSA) is 51.0 Å². The van der Waals surface area contributed by atoms with Gasteiger partial charge >= 0.3 is 0 Å². The summed E-state index contributed by atoms with van der Waals surface area (Å²) in [5.41, 5.74) is 1.61. The summed E-state index contributed by atoms with van der Waals surface area (Å²) in [7, 11) is 1.53. The standard InChI is InChI=1S/C14H19NO3/c1-8(2)11-7-18-14(15-11)10-5-9(3)6-12(17-4)13(10)16/h5-6,8,11,16H,7H2,1-4H3/t11-/m1/s1. The van der Waals surface area contributed by atoms with Gasteiger partial charge in [0.15, 0.2) is 11.5 Å². The fourth-order valence-electron chi connectivity index (χ4n) is 1.94. The van der Waals surface area contributed by atoms with Crippen molar-refractivity contribution in [2.24, 2.45) is 10.9 Å². The highest BCUT2D eigenvalue weighted by Crippen LogP contribution is 2.33. The number of benzene rings is 1. The number of phenolic OH excluding ortho intramolecular Hbond substituents is 1. The van der Waals surface area contributed by atoms with E-state index in [0.717, 1.165) is 5.56 Å². The number of nitrogens with zero attached hydrogens (tertiary/aromatic N) is 1. The third kappa shape index (κ3) is 2.28. The van der Waals surface area contributed by atoms with E-state index < -0.39 is 0 Å². The molecule has 0 saturated heterocycles. The lowest BCUT2D eigenvalue weighted by atomic mass is 10.1. The van der Waals surface area contributed by atoms with Gasteiger partial charge in [-0.25, -0.2) is 4.99 Å². The van der Waals surface area contributed by atoms with Crippen molar-refractivity contribution in [2.75, 3.05) is 13.7 Å². The first-order valence-electron chi connectivity index (χ1n) is 6.11. The molecule has 1 aromatic rings. The van der Waals surface area contributed by atoms with Crippen molar-refractivity contribution in [1.29, 1.82) is 0 Å². The summed E-state index contributed by atoms with van der Waals surface area (Å²) in [6.45, 7) is 6.73. The van der Waals surface area contributed by atoms with Crippen LogP contribution >= 0.6 is 0 Å². The molecule has 0 aliphatic carbocycles. The molecule has 4 heteroatoms. The highest BCUT2D eigenvalue weighted by Gasteiger charge is 2.25. The molecule has 1 aliphatic heterocycles. The number of ether oxygens (including phenoxy) is 2. The van der Waals surface area contributed by atoms with Gasteiger partial charge < -0.3 is 14.6 Å². The zero-order valence-electron chi connectivity index (χ0n) is 11.2. The number of aliphatic imine (C=N–C) groups is 1. The maximum Gasteiger partial charge on any atom is 0.220 e. The molecule has 1 N–H and O–H groups in total. The zero-order chi connectivity index (χ0) is 13.3. The van der Waals surface area contributed by atoms with Crippen LogP contribution < -0.4 is 4.74 Å². The Kier molecular flexibility index (Phi) is 3.45. The van der Waals surface area contributed by atoms with Crippen LogP contribution in [-0.4, -0.2) is 30.8 Å². The van der Waals surface area contributed by atoms with Crippen molar-refractivity contribution in [1.82, 2.24) is 0 Å². The molecule has 0 spiro atoms. The Morgan fingerprint density at radius 1 is 1.44 bits per heavy atom. The van der Waals surface area contributed by atoms with E-state index in [1.54, 1.807) is 6.07 Å². The van der Waals surface area contributed by atoms with Crippen molar-refractivity contribution >= 4 is 5.90 Å². The quantitative estimate of drug-likeness (QED) is 0.895. The van der Waals surface area contributed by atoms with E-state index in [1.165, 1.54) is 7.11 Å². The predicted octanol–water partition coefficient (Wildman–Crippen LogP) is 2.51. The number of phenols is 1. The van der Waals surface area contributed by atoms with Crippen LogP contribution in [0.2, 0.25) is 0 Å². The Labute approximate surface area is 107 Å². The average Bonchev–Trinajstić information content (AvgIpc) is 2.81. The van der Waals surface area contributed by atoms with Gasteiger partial charge in [0, 0.05) is 0 Å². The molecule has 1 atom stereocenters. The van der Waals surface area contributed by atoms with E-state index in [9.17, 15) is 5.11 Å². The van der Waals surface area contributed by atoms with Crippen molar-refractivity contribution in [3.8, 4) is 11.5 Å². The molecule has 2 rings (SSSR count). The van der Waals surface area contributed by atoms with E-state index in [-0.39, 0.29) is 11.8 Å². The third-order valence-corrected chi connectivity index (χ3v) is 3.11. The molecule has 98 valence electrons. The summed E-state index contributed by atoms with van der Waals surface area (Å²) in [5.74, 6) is 1.47. The van der Waals surface area contributed by atoms with Crippen molar-refractivity contribution in [3.63, 3.8) is 0 Å². The second kappa shape index (κ2) is 4.88. The van der Waals surface area contributed by atoms with Crippen LogP contribution in [0, 0.1) is 12.8 Å². The Morgan fingerprint density at radius 2 is 2.17 bits per heavy atom. The minimum Gasteiger partial charge on any atom is -0.504 e. The number of hydrogen-bond acceptors (Lipinski definition) is 4. The average molecular weight is 249 g/mol. The van der Waals surface area contributed by atoms with Gasteiger partial charge in [-0.3, -0.25) is 0 Å². The van der Waals surface area contributed by atoms with E-state index in [1.807, 2.05) is 13.0 Å². The summed E-state index contributed by atoms with van der Waals surface area (Å²) < 4.78 is 10.7. The first-order chi connectivity index (χ1) is 8.52. The number of rotatable bonds is 3. The molecule has 18 heavy (non-hydrogen) atoms. The predicted molar refractivity (Wildman–Crippen MR) is 70.5 cm³/mol. The molecule has 1 aromatic carbocycles. The molecule has 0 fully saturated rings. The molecule has 0 aromatic heterocycles. The lowest BCUT2D eigenvalue weighted by Gasteiger charge is -2.10. The van der Waals surface area contributed by atoms with Crippen LogP contribution in [0.4, 0.5) is 0 Å². The molecule has 4 nitrogen and oxygen atoms in total. The van der Waals surface area contributed by atoms with E-state index in [4.69, 9.17) is 9.47 Å². The first-order valence-corrected chi connectivity index (χ1v) is 6.11. The van der Waals surface area contributed by atoms with Crippen molar-refractivity contribution in [3.05, 3.63) is 23.3 Å². The Bertz CT molecular complexity index is 480.